The molecule has 4 heteroatoms. The summed E-state index contributed by atoms with van der Waals surface area (Å²) in [7, 11) is -3.52. The normalized spacial score (nSPS) is 12.8. The Morgan fingerprint density at radius 2 is 1.73 bits per heavy atom. The first-order chi connectivity index (χ1) is 10.5. The molecule has 0 heterocycles. The highest BCUT2D eigenvalue weighted by atomic mass is 32.2. The van der Waals surface area contributed by atoms with Gasteiger partial charge in [0, 0.05) is 6.04 Å². The summed E-state index contributed by atoms with van der Waals surface area (Å²) < 4.78 is 27.7. The zero-order chi connectivity index (χ0) is 16.0. The monoisotopic (exact) mass is 315 g/mol. The number of benzene rings is 2. The molecular weight excluding hydrogens is 294 g/mol. The largest absolute Gasteiger partial charge is 0.240 e. The van der Waals surface area contributed by atoms with Crippen molar-refractivity contribution in [1.29, 1.82) is 0 Å². The number of sulfonamides is 1. The molecule has 0 saturated carbocycles. The SMILES string of the molecule is C=CCC(Cc1ccccc1)NS(=O)(=O)c1ccc(C)cc1. The molecule has 2 aromatic rings. The topological polar surface area (TPSA) is 46.2 Å². The van der Waals surface area contributed by atoms with Gasteiger partial charge >= 0.3 is 0 Å². The highest BCUT2D eigenvalue weighted by molar-refractivity contribution is 7.89. The van der Waals surface area contributed by atoms with E-state index in [-0.39, 0.29) is 6.04 Å². The van der Waals surface area contributed by atoms with Gasteiger partial charge in [-0.25, -0.2) is 13.1 Å². The summed E-state index contributed by atoms with van der Waals surface area (Å²) in [6, 6.07) is 16.5. The maximum Gasteiger partial charge on any atom is 0.240 e. The maximum atomic E-state index is 12.5. The Morgan fingerprint density at radius 3 is 2.32 bits per heavy atom. The van der Waals surface area contributed by atoms with Crippen molar-refractivity contribution in [1.82, 2.24) is 4.72 Å². The molecule has 0 bridgehead atoms. The fraction of sp³-hybridized carbons (Fsp3) is 0.222. The number of nitrogens with one attached hydrogen (secondary N) is 1. The predicted molar refractivity (Wildman–Crippen MR) is 90.2 cm³/mol. The Labute approximate surface area is 132 Å². The summed E-state index contributed by atoms with van der Waals surface area (Å²) in [5, 5.41) is 0. The molecule has 0 aromatic heterocycles. The van der Waals surface area contributed by atoms with E-state index in [9.17, 15) is 8.42 Å². The van der Waals surface area contributed by atoms with Crippen LogP contribution < -0.4 is 4.72 Å². The van der Waals surface area contributed by atoms with Crippen LogP contribution in [0.5, 0.6) is 0 Å². The molecule has 0 fully saturated rings. The standard InChI is InChI=1S/C18H21NO2S/c1-3-7-17(14-16-8-5-4-6-9-16)19-22(20,21)18-12-10-15(2)11-13-18/h3-6,8-13,17,19H,1,7,14H2,2H3. The van der Waals surface area contributed by atoms with E-state index in [1.165, 1.54) is 0 Å². The highest BCUT2D eigenvalue weighted by Crippen LogP contribution is 2.13. The van der Waals surface area contributed by atoms with Crippen LogP contribution in [0.1, 0.15) is 17.5 Å². The third-order valence-electron chi connectivity index (χ3n) is 3.43. The summed E-state index contributed by atoms with van der Waals surface area (Å²) >= 11 is 0. The molecule has 0 aliphatic rings. The first-order valence-electron chi connectivity index (χ1n) is 7.25. The van der Waals surface area contributed by atoms with E-state index in [1.54, 1.807) is 30.3 Å². The Hall–Kier alpha value is -1.91. The second kappa shape index (κ2) is 7.38. The van der Waals surface area contributed by atoms with E-state index >= 15 is 0 Å². The number of hydrogen-bond donors (Lipinski definition) is 1. The van der Waals surface area contributed by atoms with Crippen LogP contribution >= 0.6 is 0 Å². The zero-order valence-corrected chi connectivity index (χ0v) is 13.5. The van der Waals surface area contributed by atoms with Gasteiger partial charge in [0.25, 0.3) is 0 Å². The van der Waals surface area contributed by atoms with Gasteiger partial charge in [0.15, 0.2) is 0 Å². The van der Waals surface area contributed by atoms with Crippen molar-refractivity contribution in [2.45, 2.75) is 30.7 Å². The summed E-state index contributed by atoms with van der Waals surface area (Å²) in [5.41, 5.74) is 2.13. The summed E-state index contributed by atoms with van der Waals surface area (Å²) in [5.74, 6) is 0. The van der Waals surface area contributed by atoms with Crippen molar-refractivity contribution in [2.75, 3.05) is 0 Å². The number of rotatable bonds is 7. The minimum Gasteiger partial charge on any atom is -0.207 e. The highest BCUT2D eigenvalue weighted by Gasteiger charge is 2.19. The van der Waals surface area contributed by atoms with Crippen molar-refractivity contribution < 1.29 is 8.42 Å². The van der Waals surface area contributed by atoms with Crippen LogP contribution in [0, 0.1) is 6.92 Å². The second-order valence-electron chi connectivity index (χ2n) is 5.35. The first-order valence-corrected chi connectivity index (χ1v) is 8.73. The Morgan fingerprint density at radius 1 is 1.09 bits per heavy atom. The van der Waals surface area contributed by atoms with E-state index in [0.717, 1.165) is 11.1 Å². The van der Waals surface area contributed by atoms with E-state index < -0.39 is 10.0 Å². The summed E-state index contributed by atoms with van der Waals surface area (Å²) in [6.45, 7) is 5.65. The fourth-order valence-corrected chi connectivity index (χ4v) is 3.53. The number of hydrogen-bond acceptors (Lipinski definition) is 2. The minimum atomic E-state index is -3.52. The van der Waals surface area contributed by atoms with Crippen LogP contribution in [-0.4, -0.2) is 14.5 Å². The van der Waals surface area contributed by atoms with Crippen molar-refractivity contribution in [2.24, 2.45) is 0 Å². The molecule has 22 heavy (non-hydrogen) atoms. The second-order valence-corrected chi connectivity index (χ2v) is 7.06. The van der Waals surface area contributed by atoms with Gasteiger partial charge in [-0.05, 0) is 37.5 Å². The molecule has 2 aromatic carbocycles. The lowest BCUT2D eigenvalue weighted by Gasteiger charge is -2.17. The summed E-state index contributed by atoms with van der Waals surface area (Å²) in [4.78, 5) is 0.292. The van der Waals surface area contributed by atoms with Crippen LogP contribution in [0.15, 0.2) is 72.1 Å². The third-order valence-corrected chi connectivity index (χ3v) is 4.97. The quantitative estimate of drug-likeness (QED) is 0.795. The van der Waals surface area contributed by atoms with Gasteiger partial charge in [-0.2, -0.15) is 0 Å². The molecule has 0 saturated heterocycles. The Balaban J connectivity index is 2.15. The molecule has 2 rings (SSSR count). The van der Waals surface area contributed by atoms with Gasteiger partial charge < -0.3 is 0 Å². The molecule has 1 unspecified atom stereocenters. The van der Waals surface area contributed by atoms with Crippen LogP contribution in [0.25, 0.3) is 0 Å². The first kappa shape index (κ1) is 16.5. The lowest BCUT2D eigenvalue weighted by molar-refractivity contribution is 0.547. The van der Waals surface area contributed by atoms with Gasteiger partial charge in [0.05, 0.1) is 4.90 Å². The zero-order valence-electron chi connectivity index (χ0n) is 12.7. The maximum absolute atomic E-state index is 12.5. The molecule has 0 amide bonds. The average Bonchev–Trinajstić information content (AvgIpc) is 2.48. The van der Waals surface area contributed by atoms with Gasteiger partial charge in [0.2, 0.25) is 10.0 Å². The lowest BCUT2D eigenvalue weighted by atomic mass is 10.0. The van der Waals surface area contributed by atoms with Crippen LogP contribution in [0.2, 0.25) is 0 Å². The molecular formula is C18H21NO2S. The van der Waals surface area contributed by atoms with Gasteiger partial charge in [-0.3, -0.25) is 0 Å². The van der Waals surface area contributed by atoms with Crippen molar-refractivity contribution in [3.63, 3.8) is 0 Å². The van der Waals surface area contributed by atoms with Gasteiger partial charge in [0.1, 0.15) is 0 Å². The lowest BCUT2D eigenvalue weighted by Crippen LogP contribution is -2.36. The van der Waals surface area contributed by atoms with E-state index in [1.807, 2.05) is 37.3 Å². The van der Waals surface area contributed by atoms with E-state index in [2.05, 4.69) is 11.3 Å². The van der Waals surface area contributed by atoms with Crippen molar-refractivity contribution in [3.8, 4) is 0 Å². The Kier molecular flexibility index (Phi) is 5.52. The molecule has 0 spiro atoms. The van der Waals surface area contributed by atoms with Crippen molar-refractivity contribution >= 4 is 10.0 Å². The third kappa shape index (κ3) is 4.55. The molecule has 0 aliphatic heterocycles. The predicted octanol–water partition coefficient (Wildman–Crippen LogP) is 3.46. The number of aryl methyl sites for hydroxylation is 1. The van der Waals surface area contributed by atoms with Gasteiger partial charge in [-0.15, -0.1) is 6.58 Å². The smallest absolute Gasteiger partial charge is 0.207 e. The van der Waals surface area contributed by atoms with Crippen molar-refractivity contribution in [3.05, 3.63) is 78.4 Å². The molecule has 0 aliphatic carbocycles. The molecule has 1 N–H and O–H groups in total. The molecule has 0 radical (unpaired) electrons. The molecule has 1 atom stereocenters. The van der Waals surface area contributed by atoms with Crippen LogP contribution in [-0.2, 0) is 16.4 Å². The molecule has 3 nitrogen and oxygen atoms in total. The minimum absolute atomic E-state index is 0.203. The molecule has 116 valence electrons. The van der Waals surface area contributed by atoms with E-state index in [4.69, 9.17) is 0 Å². The van der Waals surface area contributed by atoms with Crippen LogP contribution in [0.4, 0.5) is 0 Å². The average molecular weight is 315 g/mol. The van der Waals surface area contributed by atoms with Crippen LogP contribution in [0.3, 0.4) is 0 Å². The Bertz CT molecular complexity index is 707. The fourth-order valence-electron chi connectivity index (χ4n) is 2.28. The summed E-state index contributed by atoms with van der Waals surface area (Å²) in [6.07, 6.45) is 2.96. The van der Waals surface area contributed by atoms with Gasteiger partial charge in [-0.1, -0.05) is 54.1 Å². The van der Waals surface area contributed by atoms with E-state index in [0.29, 0.717) is 17.7 Å².